The fourth-order valence-electron chi connectivity index (χ4n) is 2.32. The third kappa shape index (κ3) is 4.79. The van der Waals surface area contributed by atoms with Crippen molar-refractivity contribution in [3.8, 4) is 0 Å². The highest BCUT2D eigenvalue weighted by atomic mass is 35.5. The van der Waals surface area contributed by atoms with Gasteiger partial charge in [-0.05, 0) is 57.9 Å². The zero-order valence-electron chi connectivity index (χ0n) is 12.7. The highest BCUT2D eigenvalue weighted by Crippen LogP contribution is 2.24. The van der Waals surface area contributed by atoms with E-state index in [1.807, 2.05) is 13.0 Å². The number of hydrogen-bond donors (Lipinski definition) is 1. The molecule has 2 nitrogen and oxygen atoms in total. The second kappa shape index (κ2) is 7.28. The first kappa shape index (κ1) is 16.5. The maximum atomic E-state index is 6.33. The highest BCUT2D eigenvalue weighted by molar-refractivity contribution is 6.31. The second-order valence-corrected chi connectivity index (χ2v) is 5.85. The van der Waals surface area contributed by atoms with Gasteiger partial charge in [0.05, 0.1) is 5.60 Å². The van der Waals surface area contributed by atoms with Gasteiger partial charge in [-0.15, -0.1) is 0 Å². The predicted molar refractivity (Wildman–Crippen MR) is 83.1 cm³/mol. The van der Waals surface area contributed by atoms with Crippen LogP contribution in [0.5, 0.6) is 0 Å². The number of hydrogen-bond acceptors (Lipinski definition) is 2. The van der Waals surface area contributed by atoms with Crippen molar-refractivity contribution in [1.82, 2.24) is 5.32 Å². The molecule has 0 aliphatic heterocycles. The minimum absolute atomic E-state index is 0.209. The molecule has 1 unspecified atom stereocenters. The molecule has 1 aromatic carbocycles. The molecule has 108 valence electrons. The van der Waals surface area contributed by atoms with Crippen LogP contribution in [0.15, 0.2) is 18.2 Å². The summed E-state index contributed by atoms with van der Waals surface area (Å²) >= 11 is 6.33. The predicted octanol–water partition coefficient (Wildman–Crippen LogP) is 3.98. The summed E-state index contributed by atoms with van der Waals surface area (Å²) in [6.45, 7) is 12.1. The van der Waals surface area contributed by atoms with Crippen LogP contribution in [-0.2, 0) is 11.2 Å². The van der Waals surface area contributed by atoms with Crippen molar-refractivity contribution < 1.29 is 4.74 Å². The standard InChI is InChI=1S/C16H26ClNO/c1-6-18-15(16(4,5)19-7-2)11-13-9-8-12(3)10-14(13)17/h8-10,15,18H,6-7,11H2,1-5H3. The van der Waals surface area contributed by atoms with Crippen LogP contribution < -0.4 is 5.32 Å². The van der Waals surface area contributed by atoms with Crippen molar-refractivity contribution >= 4 is 11.6 Å². The lowest BCUT2D eigenvalue weighted by Gasteiger charge is -2.35. The van der Waals surface area contributed by atoms with Crippen LogP contribution in [0.2, 0.25) is 5.02 Å². The smallest absolute Gasteiger partial charge is 0.0781 e. The van der Waals surface area contributed by atoms with Crippen molar-refractivity contribution in [2.45, 2.75) is 52.7 Å². The van der Waals surface area contributed by atoms with Crippen molar-refractivity contribution in [3.63, 3.8) is 0 Å². The Morgan fingerprint density at radius 3 is 2.53 bits per heavy atom. The lowest BCUT2D eigenvalue weighted by Crippen LogP contribution is -2.50. The van der Waals surface area contributed by atoms with E-state index in [0.717, 1.165) is 24.6 Å². The Hall–Kier alpha value is -0.570. The summed E-state index contributed by atoms with van der Waals surface area (Å²) in [4.78, 5) is 0. The van der Waals surface area contributed by atoms with Crippen LogP contribution in [0.3, 0.4) is 0 Å². The summed E-state index contributed by atoms with van der Waals surface area (Å²) in [7, 11) is 0. The van der Waals surface area contributed by atoms with Gasteiger partial charge in [-0.3, -0.25) is 0 Å². The van der Waals surface area contributed by atoms with Crippen LogP contribution in [0.25, 0.3) is 0 Å². The van der Waals surface area contributed by atoms with Gasteiger partial charge in [0.2, 0.25) is 0 Å². The van der Waals surface area contributed by atoms with Gasteiger partial charge in [0.1, 0.15) is 0 Å². The van der Waals surface area contributed by atoms with Gasteiger partial charge in [-0.1, -0.05) is 30.7 Å². The van der Waals surface area contributed by atoms with E-state index in [4.69, 9.17) is 16.3 Å². The van der Waals surface area contributed by atoms with Crippen LogP contribution in [0, 0.1) is 6.92 Å². The molecular weight excluding hydrogens is 258 g/mol. The zero-order chi connectivity index (χ0) is 14.5. The quantitative estimate of drug-likeness (QED) is 0.817. The van der Waals surface area contributed by atoms with Gasteiger partial charge >= 0.3 is 0 Å². The summed E-state index contributed by atoms with van der Waals surface area (Å²) < 4.78 is 5.87. The first-order valence-corrected chi connectivity index (χ1v) is 7.40. The molecule has 19 heavy (non-hydrogen) atoms. The SMILES string of the molecule is CCNC(Cc1ccc(C)cc1Cl)C(C)(C)OCC. The van der Waals surface area contributed by atoms with Crippen molar-refractivity contribution in [3.05, 3.63) is 34.3 Å². The van der Waals surface area contributed by atoms with E-state index in [-0.39, 0.29) is 11.6 Å². The molecule has 0 saturated heterocycles. The van der Waals surface area contributed by atoms with Crippen molar-refractivity contribution in [2.75, 3.05) is 13.2 Å². The molecule has 0 aliphatic rings. The summed E-state index contributed by atoms with van der Waals surface area (Å²) in [6.07, 6.45) is 0.875. The molecular formula is C16H26ClNO. The number of ether oxygens (including phenoxy) is 1. The lowest BCUT2D eigenvalue weighted by atomic mass is 9.91. The molecule has 0 bridgehead atoms. The molecule has 0 amide bonds. The molecule has 1 aromatic rings. The lowest BCUT2D eigenvalue weighted by molar-refractivity contribution is -0.0376. The maximum absolute atomic E-state index is 6.33. The summed E-state index contributed by atoms with van der Waals surface area (Å²) in [5, 5.41) is 4.36. The molecule has 0 fully saturated rings. The van der Waals surface area contributed by atoms with Crippen LogP contribution in [-0.4, -0.2) is 24.8 Å². The first-order valence-electron chi connectivity index (χ1n) is 7.03. The molecule has 1 atom stereocenters. The molecule has 0 saturated carbocycles. The Balaban J connectivity index is 2.89. The summed E-state index contributed by atoms with van der Waals surface area (Å²) in [5.74, 6) is 0. The summed E-state index contributed by atoms with van der Waals surface area (Å²) in [6, 6.07) is 6.49. The number of aryl methyl sites for hydroxylation is 1. The average Bonchev–Trinajstić information content (AvgIpc) is 2.31. The third-order valence-electron chi connectivity index (χ3n) is 3.44. The normalized spacial score (nSPS) is 13.6. The first-order chi connectivity index (χ1) is 8.90. The maximum Gasteiger partial charge on any atom is 0.0781 e. The molecule has 0 aliphatic carbocycles. The Kier molecular flexibility index (Phi) is 6.31. The van der Waals surface area contributed by atoms with E-state index in [2.05, 4.69) is 45.1 Å². The second-order valence-electron chi connectivity index (χ2n) is 5.45. The Bertz CT molecular complexity index is 404. The number of rotatable bonds is 7. The summed E-state index contributed by atoms with van der Waals surface area (Å²) in [5.41, 5.74) is 2.16. The molecule has 0 heterocycles. The topological polar surface area (TPSA) is 21.3 Å². The van der Waals surface area contributed by atoms with E-state index < -0.39 is 0 Å². The van der Waals surface area contributed by atoms with E-state index >= 15 is 0 Å². The van der Waals surface area contributed by atoms with E-state index in [9.17, 15) is 0 Å². The molecule has 0 aromatic heterocycles. The van der Waals surface area contributed by atoms with Gasteiger partial charge in [0.15, 0.2) is 0 Å². The zero-order valence-corrected chi connectivity index (χ0v) is 13.5. The minimum atomic E-state index is -0.209. The monoisotopic (exact) mass is 283 g/mol. The molecule has 0 spiro atoms. The van der Waals surface area contributed by atoms with E-state index in [1.165, 1.54) is 11.1 Å². The molecule has 1 rings (SSSR count). The number of benzene rings is 1. The van der Waals surface area contributed by atoms with Gasteiger partial charge in [-0.25, -0.2) is 0 Å². The van der Waals surface area contributed by atoms with Gasteiger partial charge in [-0.2, -0.15) is 0 Å². The Morgan fingerprint density at radius 1 is 1.32 bits per heavy atom. The Labute approximate surface area is 122 Å². The molecule has 1 N–H and O–H groups in total. The number of likely N-dealkylation sites (N-methyl/N-ethyl adjacent to an activating group) is 1. The van der Waals surface area contributed by atoms with E-state index in [0.29, 0.717) is 0 Å². The number of halogens is 1. The fraction of sp³-hybridized carbons (Fsp3) is 0.625. The molecule has 0 radical (unpaired) electrons. The van der Waals surface area contributed by atoms with Crippen LogP contribution >= 0.6 is 11.6 Å². The van der Waals surface area contributed by atoms with Gasteiger partial charge < -0.3 is 10.1 Å². The average molecular weight is 284 g/mol. The Morgan fingerprint density at radius 2 is 2.00 bits per heavy atom. The van der Waals surface area contributed by atoms with Crippen LogP contribution in [0.4, 0.5) is 0 Å². The van der Waals surface area contributed by atoms with Crippen LogP contribution in [0.1, 0.15) is 38.8 Å². The molecule has 3 heteroatoms. The van der Waals surface area contributed by atoms with Gasteiger partial charge in [0.25, 0.3) is 0 Å². The highest BCUT2D eigenvalue weighted by Gasteiger charge is 2.29. The minimum Gasteiger partial charge on any atom is -0.374 e. The number of nitrogens with one attached hydrogen (secondary N) is 1. The fourth-order valence-corrected chi connectivity index (χ4v) is 2.63. The van der Waals surface area contributed by atoms with Crippen molar-refractivity contribution in [2.24, 2.45) is 0 Å². The third-order valence-corrected chi connectivity index (χ3v) is 3.79. The van der Waals surface area contributed by atoms with Crippen molar-refractivity contribution in [1.29, 1.82) is 0 Å². The largest absolute Gasteiger partial charge is 0.374 e. The van der Waals surface area contributed by atoms with Gasteiger partial charge in [0, 0.05) is 17.7 Å². The van der Waals surface area contributed by atoms with E-state index in [1.54, 1.807) is 0 Å².